The van der Waals surface area contributed by atoms with E-state index in [-0.39, 0.29) is 12.1 Å². The molecule has 0 fully saturated rings. The number of urea groups is 1. The zero-order valence-electron chi connectivity index (χ0n) is 11.9. The summed E-state index contributed by atoms with van der Waals surface area (Å²) in [5, 5.41) is 5.96. The van der Waals surface area contributed by atoms with E-state index in [0.29, 0.717) is 0 Å². The molecule has 2 amide bonds. The Morgan fingerprint density at radius 3 is 2.48 bits per heavy atom. The number of hydrogen-bond acceptors (Lipinski definition) is 2. The van der Waals surface area contributed by atoms with Crippen molar-refractivity contribution in [1.29, 1.82) is 0 Å². The summed E-state index contributed by atoms with van der Waals surface area (Å²) in [6, 6.07) is 16.3. The van der Waals surface area contributed by atoms with Gasteiger partial charge in [0.15, 0.2) is 0 Å². The van der Waals surface area contributed by atoms with Crippen LogP contribution in [0.15, 0.2) is 53.4 Å². The summed E-state index contributed by atoms with van der Waals surface area (Å²) < 4.78 is 0. The monoisotopic (exact) mass is 298 g/mol. The van der Waals surface area contributed by atoms with Crippen LogP contribution in [0.4, 0.5) is 10.5 Å². The minimum Gasteiger partial charge on any atom is -0.334 e. The zero-order valence-corrected chi connectivity index (χ0v) is 12.7. The zero-order chi connectivity index (χ0) is 14.7. The molecule has 1 aliphatic carbocycles. The fraction of sp³-hybridized carbons (Fsp3) is 0.235. The lowest BCUT2D eigenvalue weighted by Gasteiger charge is -2.13. The number of benzene rings is 2. The highest BCUT2D eigenvalue weighted by atomic mass is 32.2. The van der Waals surface area contributed by atoms with Crippen LogP contribution in [0.3, 0.4) is 0 Å². The Morgan fingerprint density at radius 1 is 1.10 bits per heavy atom. The molecule has 0 saturated heterocycles. The summed E-state index contributed by atoms with van der Waals surface area (Å²) in [4.78, 5) is 13.2. The lowest BCUT2D eigenvalue weighted by atomic mass is 10.1. The van der Waals surface area contributed by atoms with Gasteiger partial charge in [-0.1, -0.05) is 30.3 Å². The molecule has 0 aliphatic heterocycles. The normalized spacial score (nSPS) is 13.8. The third-order valence-electron chi connectivity index (χ3n) is 3.71. The third kappa shape index (κ3) is 3.39. The topological polar surface area (TPSA) is 41.1 Å². The van der Waals surface area contributed by atoms with Crippen LogP contribution in [0.5, 0.6) is 0 Å². The first-order valence-corrected chi connectivity index (χ1v) is 8.25. The molecule has 2 aromatic carbocycles. The number of carbonyl (C=O) groups is 1. The summed E-state index contributed by atoms with van der Waals surface area (Å²) in [7, 11) is 0. The summed E-state index contributed by atoms with van der Waals surface area (Å²) >= 11 is 1.66. The van der Waals surface area contributed by atoms with Crippen molar-refractivity contribution >= 4 is 23.5 Å². The molecule has 0 unspecified atom stereocenters. The van der Waals surface area contributed by atoms with Gasteiger partial charge in [0.2, 0.25) is 0 Å². The Balaban J connectivity index is 1.58. The molecule has 3 nitrogen and oxygen atoms in total. The van der Waals surface area contributed by atoms with Crippen molar-refractivity contribution in [1.82, 2.24) is 5.32 Å². The van der Waals surface area contributed by atoms with Crippen molar-refractivity contribution in [3.63, 3.8) is 0 Å². The molecule has 2 N–H and O–H groups in total. The van der Waals surface area contributed by atoms with Gasteiger partial charge in [-0.25, -0.2) is 4.79 Å². The number of thioether (sulfide) groups is 1. The van der Waals surface area contributed by atoms with Gasteiger partial charge in [-0.05, 0) is 48.4 Å². The van der Waals surface area contributed by atoms with E-state index in [2.05, 4.69) is 34.9 Å². The van der Waals surface area contributed by atoms with Crippen LogP contribution in [-0.4, -0.2) is 18.3 Å². The fourth-order valence-corrected chi connectivity index (χ4v) is 3.17. The average Bonchev–Trinajstić information content (AvgIpc) is 2.89. The van der Waals surface area contributed by atoms with E-state index in [4.69, 9.17) is 0 Å². The van der Waals surface area contributed by atoms with Crippen molar-refractivity contribution < 1.29 is 4.79 Å². The molecule has 0 bridgehead atoms. The Hall–Kier alpha value is -1.94. The van der Waals surface area contributed by atoms with E-state index in [1.54, 1.807) is 11.8 Å². The third-order valence-corrected chi connectivity index (χ3v) is 4.44. The van der Waals surface area contributed by atoms with Crippen LogP contribution >= 0.6 is 11.8 Å². The SMILES string of the molecule is CSc1cccc(NC(=O)NC2Cc3ccccc3C2)c1. The Morgan fingerprint density at radius 2 is 1.81 bits per heavy atom. The molecule has 4 heteroatoms. The van der Waals surface area contributed by atoms with E-state index in [0.717, 1.165) is 23.4 Å². The van der Waals surface area contributed by atoms with E-state index in [9.17, 15) is 4.79 Å². The minimum absolute atomic E-state index is 0.133. The second-order valence-electron chi connectivity index (χ2n) is 5.20. The second-order valence-corrected chi connectivity index (χ2v) is 6.08. The summed E-state index contributed by atoms with van der Waals surface area (Å²) in [6.07, 6.45) is 3.85. The van der Waals surface area contributed by atoms with Gasteiger partial charge in [0.05, 0.1) is 0 Å². The molecule has 0 atom stereocenters. The Bertz CT molecular complexity index is 632. The largest absolute Gasteiger partial charge is 0.334 e. The predicted octanol–water partition coefficient (Wildman–Crippen LogP) is 3.70. The quantitative estimate of drug-likeness (QED) is 0.848. The van der Waals surface area contributed by atoms with Crippen LogP contribution in [0.25, 0.3) is 0 Å². The first kappa shape index (κ1) is 14.0. The van der Waals surface area contributed by atoms with Crippen LogP contribution in [0.2, 0.25) is 0 Å². The smallest absolute Gasteiger partial charge is 0.319 e. The molecule has 0 spiro atoms. The maximum absolute atomic E-state index is 12.1. The summed E-state index contributed by atoms with van der Waals surface area (Å²) in [6.45, 7) is 0. The van der Waals surface area contributed by atoms with E-state index >= 15 is 0 Å². The maximum atomic E-state index is 12.1. The van der Waals surface area contributed by atoms with Crippen molar-refractivity contribution in [2.75, 3.05) is 11.6 Å². The summed E-state index contributed by atoms with van der Waals surface area (Å²) in [5.74, 6) is 0. The van der Waals surface area contributed by atoms with Gasteiger partial charge in [-0.3, -0.25) is 0 Å². The van der Waals surface area contributed by atoms with E-state index in [1.165, 1.54) is 11.1 Å². The van der Waals surface area contributed by atoms with E-state index in [1.807, 2.05) is 30.5 Å². The molecule has 1 aliphatic rings. The van der Waals surface area contributed by atoms with Crippen molar-refractivity contribution in [3.8, 4) is 0 Å². The molecule has 0 aromatic heterocycles. The minimum atomic E-state index is -0.133. The number of rotatable bonds is 3. The summed E-state index contributed by atoms with van der Waals surface area (Å²) in [5.41, 5.74) is 3.51. The molecule has 108 valence electrons. The molecule has 0 saturated carbocycles. The van der Waals surface area contributed by atoms with Crippen molar-refractivity contribution in [2.45, 2.75) is 23.8 Å². The average molecular weight is 298 g/mol. The molecule has 2 aromatic rings. The van der Waals surface area contributed by atoms with Gasteiger partial charge >= 0.3 is 6.03 Å². The van der Waals surface area contributed by atoms with Gasteiger partial charge < -0.3 is 10.6 Å². The number of nitrogens with one attached hydrogen (secondary N) is 2. The number of hydrogen-bond donors (Lipinski definition) is 2. The molecular weight excluding hydrogens is 280 g/mol. The Kier molecular flexibility index (Phi) is 4.15. The van der Waals surface area contributed by atoms with Gasteiger partial charge in [-0.2, -0.15) is 0 Å². The molecule has 0 heterocycles. The molecule has 3 rings (SSSR count). The van der Waals surface area contributed by atoms with Gasteiger partial charge in [0.25, 0.3) is 0 Å². The highest BCUT2D eigenvalue weighted by Crippen LogP contribution is 2.22. The number of amides is 2. The van der Waals surface area contributed by atoms with Gasteiger partial charge in [0.1, 0.15) is 0 Å². The molecule has 0 radical (unpaired) electrons. The standard InChI is InChI=1S/C17H18N2OS/c1-21-16-8-4-7-14(11-16)18-17(20)19-15-9-12-5-2-3-6-13(12)10-15/h2-8,11,15H,9-10H2,1H3,(H2,18,19,20). The van der Waals surface area contributed by atoms with Crippen LogP contribution in [0.1, 0.15) is 11.1 Å². The first-order valence-electron chi connectivity index (χ1n) is 7.03. The van der Waals surface area contributed by atoms with E-state index < -0.39 is 0 Å². The maximum Gasteiger partial charge on any atom is 0.319 e. The van der Waals surface area contributed by atoms with Crippen molar-refractivity contribution in [2.24, 2.45) is 0 Å². The Labute approximate surface area is 129 Å². The van der Waals surface area contributed by atoms with Crippen LogP contribution in [0, 0.1) is 0 Å². The van der Waals surface area contributed by atoms with Crippen molar-refractivity contribution in [3.05, 3.63) is 59.7 Å². The lowest BCUT2D eigenvalue weighted by molar-refractivity contribution is 0.249. The lowest BCUT2D eigenvalue weighted by Crippen LogP contribution is -2.38. The predicted molar refractivity (Wildman–Crippen MR) is 88.0 cm³/mol. The molecular formula is C17H18N2OS. The second kappa shape index (κ2) is 6.22. The number of anilines is 1. The van der Waals surface area contributed by atoms with Crippen LogP contribution in [-0.2, 0) is 12.8 Å². The highest BCUT2D eigenvalue weighted by Gasteiger charge is 2.22. The number of carbonyl (C=O) groups excluding carboxylic acids is 1. The first-order chi connectivity index (χ1) is 10.2. The number of fused-ring (bicyclic) bond motifs is 1. The fourth-order valence-electron chi connectivity index (χ4n) is 2.71. The van der Waals surface area contributed by atoms with Gasteiger partial charge in [-0.15, -0.1) is 11.8 Å². The van der Waals surface area contributed by atoms with Gasteiger partial charge in [0, 0.05) is 16.6 Å². The highest BCUT2D eigenvalue weighted by molar-refractivity contribution is 7.98. The molecule has 21 heavy (non-hydrogen) atoms. The van der Waals surface area contributed by atoms with Crippen LogP contribution < -0.4 is 10.6 Å².